The molecule has 1 aromatic carbocycles. The molecule has 0 radical (unpaired) electrons. The minimum atomic E-state index is -4.31. The third-order valence-electron chi connectivity index (χ3n) is 3.76. The molecule has 1 saturated carbocycles. The average Bonchev–Trinajstić information content (AvgIpc) is 2.39. The van der Waals surface area contributed by atoms with E-state index < -0.39 is 11.7 Å². The summed E-state index contributed by atoms with van der Waals surface area (Å²) < 4.78 is 43.3. The molecular formula is C15H20F3NO. The topological polar surface area (TPSA) is 35.2 Å². The summed E-state index contributed by atoms with van der Waals surface area (Å²) in [6, 6.07) is 5.23. The summed E-state index contributed by atoms with van der Waals surface area (Å²) in [4.78, 5) is 0. The molecule has 1 fully saturated rings. The van der Waals surface area contributed by atoms with Gasteiger partial charge >= 0.3 is 6.18 Å². The van der Waals surface area contributed by atoms with Gasteiger partial charge in [-0.1, -0.05) is 31.4 Å². The summed E-state index contributed by atoms with van der Waals surface area (Å²) in [5.41, 5.74) is 5.80. The van der Waals surface area contributed by atoms with Crippen molar-refractivity contribution in [2.75, 3.05) is 6.61 Å². The van der Waals surface area contributed by atoms with Gasteiger partial charge in [-0.15, -0.1) is 0 Å². The number of hydrogen-bond donors (Lipinski definition) is 1. The van der Waals surface area contributed by atoms with Gasteiger partial charge in [-0.05, 0) is 30.5 Å². The lowest BCUT2D eigenvalue weighted by molar-refractivity contribution is -0.137. The van der Waals surface area contributed by atoms with Gasteiger partial charge in [-0.25, -0.2) is 0 Å². The highest BCUT2D eigenvalue weighted by Gasteiger charge is 2.30. The van der Waals surface area contributed by atoms with Crippen LogP contribution in [0.5, 0.6) is 0 Å². The van der Waals surface area contributed by atoms with Crippen molar-refractivity contribution in [3.63, 3.8) is 0 Å². The van der Waals surface area contributed by atoms with Gasteiger partial charge in [0.1, 0.15) is 0 Å². The van der Waals surface area contributed by atoms with Crippen molar-refractivity contribution in [2.45, 2.75) is 50.4 Å². The molecular weight excluding hydrogens is 267 g/mol. The summed E-state index contributed by atoms with van der Waals surface area (Å²) >= 11 is 0. The number of alkyl halides is 3. The maximum atomic E-state index is 12.6. The van der Waals surface area contributed by atoms with Crippen LogP contribution in [0.4, 0.5) is 13.2 Å². The first-order valence-electron chi connectivity index (χ1n) is 6.92. The Labute approximate surface area is 117 Å². The van der Waals surface area contributed by atoms with Gasteiger partial charge in [0, 0.05) is 5.54 Å². The Bertz CT molecular complexity index is 439. The highest BCUT2D eigenvalue weighted by molar-refractivity contribution is 5.25. The highest BCUT2D eigenvalue weighted by atomic mass is 19.4. The van der Waals surface area contributed by atoms with Crippen molar-refractivity contribution in [3.05, 3.63) is 35.4 Å². The summed E-state index contributed by atoms with van der Waals surface area (Å²) in [6.45, 7) is 0.576. The molecule has 0 saturated heterocycles. The number of nitrogens with two attached hydrogens (primary N) is 1. The predicted octanol–water partition coefficient (Wildman–Crippen LogP) is 3.88. The van der Waals surface area contributed by atoms with E-state index in [1.807, 2.05) is 0 Å². The lowest BCUT2D eigenvalue weighted by Gasteiger charge is -2.33. The molecule has 0 heterocycles. The smallest absolute Gasteiger partial charge is 0.375 e. The van der Waals surface area contributed by atoms with Crippen LogP contribution in [0.2, 0.25) is 0 Å². The van der Waals surface area contributed by atoms with Crippen molar-refractivity contribution >= 4 is 0 Å². The first kappa shape index (κ1) is 15.3. The molecule has 0 spiro atoms. The van der Waals surface area contributed by atoms with E-state index in [1.165, 1.54) is 12.5 Å². The number of hydrogen-bond acceptors (Lipinski definition) is 2. The summed E-state index contributed by atoms with van der Waals surface area (Å²) in [5.74, 6) is 0. The molecule has 1 aliphatic rings. The molecule has 2 nitrogen and oxygen atoms in total. The van der Waals surface area contributed by atoms with E-state index in [-0.39, 0.29) is 12.1 Å². The van der Waals surface area contributed by atoms with E-state index in [9.17, 15) is 13.2 Å². The minimum absolute atomic E-state index is 0.170. The largest absolute Gasteiger partial charge is 0.416 e. The second-order valence-corrected chi connectivity index (χ2v) is 5.61. The fraction of sp³-hybridized carbons (Fsp3) is 0.600. The number of benzene rings is 1. The monoisotopic (exact) mass is 287 g/mol. The molecule has 112 valence electrons. The molecule has 1 aliphatic carbocycles. The summed E-state index contributed by atoms with van der Waals surface area (Å²) in [5, 5.41) is 0. The number of ether oxygens (including phenoxy) is 1. The molecule has 0 bridgehead atoms. The molecule has 2 N–H and O–H groups in total. The van der Waals surface area contributed by atoms with Crippen LogP contribution in [0.15, 0.2) is 24.3 Å². The lowest BCUT2D eigenvalue weighted by Crippen LogP contribution is -2.46. The van der Waals surface area contributed by atoms with Crippen molar-refractivity contribution in [3.8, 4) is 0 Å². The first-order valence-corrected chi connectivity index (χ1v) is 6.92. The quantitative estimate of drug-likeness (QED) is 0.912. The third kappa shape index (κ3) is 4.21. The van der Waals surface area contributed by atoms with Crippen LogP contribution in [-0.4, -0.2) is 12.1 Å². The van der Waals surface area contributed by atoms with Crippen LogP contribution >= 0.6 is 0 Å². The molecule has 0 atom stereocenters. The van der Waals surface area contributed by atoms with E-state index in [0.717, 1.165) is 37.8 Å². The van der Waals surface area contributed by atoms with Crippen molar-refractivity contribution in [2.24, 2.45) is 5.73 Å². The van der Waals surface area contributed by atoms with E-state index in [1.54, 1.807) is 6.07 Å². The third-order valence-corrected chi connectivity index (χ3v) is 3.76. The molecule has 0 unspecified atom stereocenters. The maximum Gasteiger partial charge on any atom is 0.416 e. The highest BCUT2D eigenvalue weighted by Crippen LogP contribution is 2.30. The second-order valence-electron chi connectivity index (χ2n) is 5.61. The number of halogens is 3. The molecule has 0 aromatic heterocycles. The van der Waals surface area contributed by atoms with Gasteiger partial charge in [0.2, 0.25) is 0 Å². The Morgan fingerprint density at radius 1 is 1.15 bits per heavy atom. The van der Waals surface area contributed by atoms with Gasteiger partial charge < -0.3 is 10.5 Å². The predicted molar refractivity (Wildman–Crippen MR) is 71.1 cm³/mol. The molecule has 0 aliphatic heterocycles. The number of rotatable bonds is 4. The van der Waals surface area contributed by atoms with Crippen LogP contribution < -0.4 is 5.73 Å². The van der Waals surface area contributed by atoms with Crippen LogP contribution in [0.1, 0.15) is 43.2 Å². The average molecular weight is 287 g/mol. The van der Waals surface area contributed by atoms with Gasteiger partial charge in [0.15, 0.2) is 0 Å². The molecule has 2 rings (SSSR count). The van der Waals surface area contributed by atoms with Crippen LogP contribution in [0.25, 0.3) is 0 Å². The van der Waals surface area contributed by atoms with Crippen LogP contribution in [0.3, 0.4) is 0 Å². The molecule has 1 aromatic rings. The maximum absolute atomic E-state index is 12.6. The molecule has 0 amide bonds. The standard InChI is InChI=1S/C15H20F3NO/c16-15(17,18)13-6-4-5-12(9-13)10-20-11-14(19)7-2-1-3-8-14/h4-6,9H,1-3,7-8,10-11,19H2. The first-order chi connectivity index (χ1) is 9.39. The normalized spacial score (nSPS) is 19.0. The van der Waals surface area contributed by atoms with Gasteiger partial charge in [-0.3, -0.25) is 0 Å². The summed E-state index contributed by atoms with van der Waals surface area (Å²) in [6.07, 6.45) is 0.944. The minimum Gasteiger partial charge on any atom is -0.375 e. The van der Waals surface area contributed by atoms with E-state index in [2.05, 4.69) is 0 Å². The Balaban J connectivity index is 1.88. The zero-order valence-corrected chi connectivity index (χ0v) is 11.4. The van der Waals surface area contributed by atoms with E-state index in [0.29, 0.717) is 12.2 Å². The lowest BCUT2D eigenvalue weighted by atomic mass is 9.83. The summed E-state index contributed by atoms with van der Waals surface area (Å²) in [7, 11) is 0. The fourth-order valence-corrected chi connectivity index (χ4v) is 2.61. The molecule has 5 heteroatoms. The van der Waals surface area contributed by atoms with Gasteiger partial charge in [-0.2, -0.15) is 13.2 Å². The van der Waals surface area contributed by atoms with E-state index >= 15 is 0 Å². The Kier molecular flexibility index (Phi) is 4.70. The Morgan fingerprint density at radius 3 is 2.50 bits per heavy atom. The van der Waals surface area contributed by atoms with Crippen LogP contribution in [0, 0.1) is 0 Å². The van der Waals surface area contributed by atoms with Crippen LogP contribution in [-0.2, 0) is 17.5 Å². The Hall–Kier alpha value is -1.07. The zero-order chi connectivity index (χ0) is 14.6. The van der Waals surface area contributed by atoms with Crippen molar-refractivity contribution in [1.82, 2.24) is 0 Å². The fourth-order valence-electron chi connectivity index (χ4n) is 2.61. The Morgan fingerprint density at radius 2 is 1.85 bits per heavy atom. The van der Waals surface area contributed by atoms with E-state index in [4.69, 9.17) is 10.5 Å². The SMILES string of the molecule is NC1(COCc2cccc(C(F)(F)F)c2)CCCCC1. The van der Waals surface area contributed by atoms with Gasteiger partial charge in [0.25, 0.3) is 0 Å². The van der Waals surface area contributed by atoms with Crippen molar-refractivity contribution < 1.29 is 17.9 Å². The molecule has 20 heavy (non-hydrogen) atoms. The second kappa shape index (κ2) is 6.14. The zero-order valence-electron chi connectivity index (χ0n) is 11.4. The van der Waals surface area contributed by atoms with Gasteiger partial charge in [0.05, 0.1) is 18.8 Å². The van der Waals surface area contributed by atoms with Crippen molar-refractivity contribution in [1.29, 1.82) is 0 Å².